The van der Waals surface area contributed by atoms with E-state index in [9.17, 15) is 0 Å². The second-order valence-corrected chi connectivity index (χ2v) is 3.98. The zero-order valence-corrected chi connectivity index (χ0v) is 7.89. The highest BCUT2D eigenvalue weighted by atomic mass is 79.9. The Kier molecular flexibility index (Phi) is 2.04. The summed E-state index contributed by atoms with van der Waals surface area (Å²) in [6.45, 7) is 1.51. The first-order chi connectivity index (χ1) is 5.31. The lowest BCUT2D eigenvalue weighted by Gasteiger charge is -2.29. The van der Waals surface area contributed by atoms with Crippen LogP contribution in [0.1, 0.15) is 19.3 Å². The Morgan fingerprint density at radius 1 is 1.36 bits per heavy atom. The van der Waals surface area contributed by atoms with E-state index in [1.54, 1.807) is 0 Å². The first-order valence-corrected chi connectivity index (χ1v) is 4.73. The standard InChI is InChI=1S/C8H11BrO2/c9-7-1-3-8(4-2-7)10-5-6-11-8/h1H,2-6H2. The van der Waals surface area contributed by atoms with Gasteiger partial charge in [-0.15, -0.1) is 0 Å². The van der Waals surface area contributed by atoms with E-state index in [0.29, 0.717) is 0 Å². The number of ether oxygens (including phenoxy) is 2. The van der Waals surface area contributed by atoms with Crippen LogP contribution < -0.4 is 0 Å². The van der Waals surface area contributed by atoms with E-state index in [4.69, 9.17) is 9.47 Å². The topological polar surface area (TPSA) is 18.5 Å². The van der Waals surface area contributed by atoms with Crippen LogP contribution in [-0.4, -0.2) is 19.0 Å². The Balaban J connectivity index is 2.06. The van der Waals surface area contributed by atoms with Gasteiger partial charge in [0, 0.05) is 12.8 Å². The number of allylic oxidation sites excluding steroid dienone is 1. The molecule has 62 valence electrons. The van der Waals surface area contributed by atoms with Crippen LogP contribution in [0.15, 0.2) is 10.6 Å². The van der Waals surface area contributed by atoms with E-state index >= 15 is 0 Å². The van der Waals surface area contributed by atoms with Crippen molar-refractivity contribution >= 4 is 15.9 Å². The second kappa shape index (κ2) is 2.88. The summed E-state index contributed by atoms with van der Waals surface area (Å²) in [4.78, 5) is 0. The number of halogens is 1. The fourth-order valence-corrected chi connectivity index (χ4v) is 1.90. The van der Waals surface area contributed by atoms with Crippen LogP contribution in [0.5, 0.6) is 0 Å². The van der Waals surface area contributed by atoms with Crippen LogP contribution in [0.25, 0.3) is 0 Å². The Hall–Kier alpha value is 0.140. The molecule has 1 aliphatic heterocycles. The highest BCUT2D eigenvalue weighted by molar-refractivity contribution is 9.11. The van der Waals surface area contributed by atoms with Crippen molar-refractivity contribution < 1.29 is 9.47 Å². The summed E-state index contributed by atoms with van der Waals surface area (Å²) in [5.41, 5.74) is 0. The quantitative estimate of drug-likeness (QED) is 0.621. The van der Waals surface area contributed by atoms with Gasteiger partial charge in [0.2, 0.25) is 0 Å². The molecule has 2 rings (SSSR count). The van der Waals surface area contributed by atoms with E-state index in [2.05, 4.69) is 22.0 Å². The lowest BCUT2D eigenvalue weighted by Crippen LogP contribution is -2.31. The summed E-state index contributed by atoms with van der Waals surface area (Å²) in [6.07, 6.45) is 5.08. The summed E-state index contributed by atoms with van der Waals surface area (Å²) >= 11 is 3.47. The van der Waals surface area contributed by atoms with Gasteiger partial charge >= 0.3 is 0 Å². The first-order valence-electron chi connectivity index (χ1n) is 3.93. The van der Waals surface area contributed by atoms with Crippen molar-refractivity contribution in [2.75, 3.05) is 13.2 Å². The summed E-state index contributed by atoms with van der Waals surface area (Å²) in [5.74, 6) is -0.253. The summed E-state index contributed by atoms with van der Waals surface area (Å²) in [7, 11) is 0. The molecule has 0 aromatic heterocycles. The van der Waals surface area contributed by atoms with Crippen molar-refractivity contribution in [3.05, 3.63) is 10.6 Å². The molecule has 0 unspecified atom stereocenters. The van der Waals surface area contributed by atoms with Crippen molar-refractivity contribution in [1.82, 2.24) is 0 Å². The van der Waals surface area contributed by atoms with Gasteiger partial charge in [0.25, 0.3) is 0 Å². The zero-order valence-electron chi connectivity index (χ0n) is 6.31. The molecule has 2 nitrogen and oxygen atoms in total. The SMILES string of the molecule is BrC1=CCC2(CC1)OCCO2. The number of hydrogen-bond acceptors (Lipinski definition) is 2. The number of rotatable bonds is 0. The molecular formula is C8H11BrO2. The van der Waals surface area contributed by atoms with Crippen LogP contribution in [-0.2, 0) is 9.47 Å². The predicted molar refractivity (Wildman–Crippen MR) is 45.5 cm³/mol. The van der Waals surface area contributed by atoms with Gasteiger partial charge in [-0.25, -0.2) is 0 Å². The summed E-state index contributed by atoms with van der Waals surface area (Å²) < 4.78 is 12.4. The van der Waals surface area contributed by atoms with E-state index in [1.165, 1.54) is 4.48 Å². The van der Waals surface area contributed by atoms with Crippen LogP contribution in [0.3, 0.4) is 0 Å². The van der Waals surface area contributed by atoms with Gasteiger partial charge in [-0.2, -0.15) is 0 Å². The van der Waals surface area contributed by atoms with Crippen molar-refractivity contribution in [2.45, 2.75) is 25.0 Å². The third-order valence-electron chi connectivity index (χ3n) is 2.19. The third kappa shape index (κ3) is 1.50. The minimum absolute atomic E-state index is 0.253. The van der Waals surface area contributed by atoms with Crippen molar-refractivity contribution in [3.8, 4) is 0 Å². The molecule has 1 fully saturated rings. The zero-order chi connectivity index (χ0) is 7.73. The molecule has 0 aromatic rings. The Morgan fingerprint density at radius 2 is 2.09 bits per heavy atom. The van der Waals surface area contributed by atoms with Gasteiger partial charge in [-0.05, 0) is 10.9 Å². The molecule has 0 amide bonds. The lowest BCUT2D eigenvalue weighted by molar-refractivity contribution is -0.160. The summed E-state index contributed by atoms with van der Waals surface area (Å²) in [5, 5.41) is 0. The van der Waals surface area contributed by atoms with Gasteiger partial charge in [0.15, 0.2) is 5.79 Å². The van der Waals surface area contributed by atoms with E-state index < -0.39 is 0 Å². The minimum atomic E-state index is -0.253. The average molecular weight is 219 g/mol. The van der Waals surface area contributed by atoms with Crippen molar-refractivity contribution in [1.29, 1.82) is 0 Å². The highest BCUT2D eigenvalue weighted by Crippen LogP contribution is 2.36. The normalized spacial score (nSPS) is 29.0. The second-order valence-electron chi connectivity index (χ2n) is 2.96. The highest BCUT2D eigenvalue weighted by Gasteiger charge is 2.37. The molecule has 1 aliphatic carbocycles. The monoisotopic (exact) mass is 218 g/mol. The van der Waals surface area contributed by atoms with Gasteiger partial charge in [0.05, 0.1) is 13.2 Å². The Labute approximate surface area is 74.7 Å². The largest absolute Gasteiger partial charge is 0.347 e. The lowest BCUT2D eigenvalue weighted by atomic mass is 10.0. The minimum Gasteiger partial charge on any atom is -0.347 e. The van der Waals surface area contributed by atoms with E-state index in [-0.39, 0.29) is 5.79 Å². The van der Waals surface area contributed by atoms with Gasteiger partial charge in [-0.1, -0.05) is 22.0 Å². The smallest absolute Gasteiger partial charge is 0.172 e. The molecule has 3 heteroatoms. The maximum Gasteiger partial charge on any atom is 0.172 e. The molecule has 2 aliphatic rings. The van der Waals surface area contributed by atoms with Crippen molar-refractivity contribution in [3.63, 3.8) is 0 Å². The van der Waals surface area contributed by atoms with Crippen LogP contribution in [0.4, 0.5) is 0 Å². The molecule has 0 saturated carbocycles. The third-order valence-corrected chi connectivity index (χ3v) is 2.91. The molecule has 11 heavy (non-hydrogen) atoms. The van der Waals surface area contributed by atoms with Crippen LogP contribution in [0.2, 0.25) is 0 Å². The molecule has 0 N–H and O–H groups in total. The maximum absolute atomic E-state index is 5.54. The maximum atomic E-state index is 5.54. The molecule has 0 aromatic carbocycles. The van der Waals surface area contributed by atoms with Gasteiger partial charge in [0.1, 0.15) is 0 Å². The molecule has 1 saturated heterocycles. The van der Waals surface area contributed by atoms with Crippen LogP contribution in [0, 0.1) is 0 Å². The fraction of sp³-hybridized carbons (Fsp3) is 0.750. The van der Waals surface area contributed by atoms with Crippen molar-refractivity contribution in [2.24, 2.45) is 0 Å². The molecule has 1 heterocycles. The van der Waals surface area contributed by atoms with E-state index in [1.807, 2.05) is 0 Å². The van der Waals surface area contributed by atoms with Gasteiger partial charge in [-0.3, -0.25) is 0 Å². The molecule has 0 bridgehead atoms. The Bertz CT molecular complexity index is 183. The summed E-state index contributed by atoms with van der Waals surface area (Å²) in [6, 6.07) is 0. The first kappa shape index (κ1) is 7.77. The molecule has 0 radical (unpaired) electrons. The number of hydrogen-bond donors (Lipinski definition) is 0. The molecule has 0 atom stereocenters. The molecule has 1 spiro atoms. The van der Waals surface area contributed by atoms with Crippen LogP contribution >= 0.6 is 15.9 Å². The Morgan fingerprint density at radius 3 is 2.64 bits per heavy atom. The predicted octanol–water partition coefficient (Wildman–Crippen LogP) is 2.19. The molecular weight excluding hydrogens is 208 g/mol. The fourth-order valence-electron chi connectivity index (χ4n) is 1.54. The average Bonchev–Trinajstić information content (AvgIpc) is 2.45. The van der Waals surface area contributed by atoms with Gasteiger partial charge < -0.3 is 9.47 Å². The van der Waals surface area contributed by atoms with E-state index in [0.717, 1.165) is 32.5 Å².